The maximum Gasteiger partial charge on any atom is 0.265 e. The predicted molar refractivity (Wildman–Crippen MR) is 99.9 cm³/mol. The molecule has 0 saturated carbocycles. The zero-order valence-corrected chi connectivity index (χ0v) is 15.0. The molecule has 3 rings (SSSR count). The minimum absolute atomic E-state index is 0.0249. The molecule has 27 heavy (non-hydrogen) atoms. The minimum Gasteiger partial charge on any atom is -0.394 e. The fraction of sp³-hybridized carbons (Fsp3) is 0.444. The van der Waals surface area contributed by atoms with Crippen LogP contribution in [0.25, 0.3) is 0 Å². The number of nitrogens with one attached hydrogen (secondary N) is 2. The van der Waals surface area contributed by atoms with Gasteiger partial charge in [-0.2, -0.15) is 0 Å². The molecule has 0 bridgehead atoms. The lowest BCUT2D eigenvalue weighted by atomic mass is 10.2. The zero-order valence-electron chi connectivity index (χ0n) is 15.0. The quantitative estimate of drug-likeness (QED) is 0.682. The van der Waals surface area contributed by atoms with E-state index >= 15 is 0 Å². The Morgan fingerprint density at radius 2 is 1.93 bits per heavy atom. The normalized spacial score (nSPS) is 15.7. The van der Waals surface area contributed by atoms with Crippen LogP contribution in [0.3, 0.4) is 0 Å². The van der Waals surface area contributed by atoms with Crippen molar-refractivity contribution in [3.05, 3.63) is 36.0 Å². The predicted octanol–water partition coefficient (Wildman–Crippen LogP) is 2.79. The average Bonchev–Trinajstić information content (AvgIpc) is 2.69. The molecule has 1 aliphatic rings. The number of rotatable bonds is 7. The van der Waals surface area contributed by atoms with E-state index in [9.17, 15) is 13.9 Å². The van der Waals surface area contributed by atoms with E-state index < -0.39 is 6.43 Å². The Labute approximate surface area is 156 Å². The molecular formula is C18H23F2N5O2. The first-order valence-electron chi connectivity index (χ1n) is 8.78. The molecule has 0 aromatic carbocycles. The van der Waals surface area contributed by atoms with E-state index in [-0.39, 0.29) is 18.2 Å². The van der Waals surface area contributed by atoms with Gasteiger partial charge in [-0.3, -0.25) is 0 Å². The SMILES string of the molecule is C[C@@H](CO)Nc1cc(N2CCOCC2)cc(Nc2ccc(C(F)F)cn2)n1. The van der Waals surface area contributed by atoms with Gasteiger partial charge in [-0.05, 0) is 19.1 Å². The van der Waals surface area contributed by atoms with Crippen LogP contribution >= 0.6 is 0 Å². The van der Waals surface area contributed by atoms with E-state index in [1.54, 1.807) is 0 Å². The summed E-state index contributed by atoms with van der Waals surface area (Å²) in [5, 5.41) is 15.5. The lowest BCUT2D eigenvalue weighted by molar-refractivity contribution is 0.122. The first-order valence-corrected chi connectivity index (χ1v) is 8.78. The van der Waals surface area contributed by atoms with E-state index in [1.165, 1.54) is 12.1 Å². The van der Waals surface area contributed by atoms with Crippen molar-refractivity contribution in [1.82, 2.24) is 9.97 Å². The molecule has 1 atom stereocenters. The second-order valence-corrected chi connectivity index (χ2v) is 6.33. The average molecular weight is 379 g/mol. The summed E-state index contributed by atoms with van der Waals surface area (Å²) in [6.07, 6.45) is -1.41. The summed E-state index contributed by atoms with van der Waals surface area (Å²) in [5.41, 5.74) is 0.822. The standard InChI is InChI=1S/C18H23F2N5O2/c1-12(11-26)22-16-8-14(25-4-6-27-7-5-25)9-17(24-16)23-15-3-2-13(10-21-15)18(19)20/h2-3,8-10,12,18,26H,4-7,11H2,1H3,(H2,21,22,23,24)/t12-/m0/s1. The monoisotopic (exact) mass is 379 g/mol. The molecule has 3 N–H and O–H groups in total. The number of hydrogen-bond donors (Lipinski definition) is 3. The van der Waals surface area contributed by atoms with Crippen LogP contribution in [0.4, 0.5) is 31.9 Å². The van der Waals surface area contributed by atoms with Crippen molar-refractivity contribution in [3.63, 3.8) is 0 Å². The zero-order chi connectivity index (χ0) is 19.2. The fourth-order valence-electron chi connectivity index (χ4n) is 2.70. The number of pyridine rings is 2. The Balaban J connectivity index is 1.84. The van der Waals surface area contributed by atoms with Gasteiger partial charge in [0.25, 0.3) is 6.43 Å². The Hall–Kier alpha value is -2.52. The van der Waals surface area contributed by atoms with Crippen molar-refractivity contribution < 1.29 is 18.6 Å². The summed E-state index contributed by atoms with van der Waals surface area (Å²) in [4.78, 5) is 10.7. The Morgan fingerprint density at radius 3 is 2.56 bits per heavy atom. The number of nitrogens with zero attached hydrogens (tertiary/aromatic N) is 3. The molecule has 2 aromatic rings. The highest BCUT2D eigenvalue weighted by Crippen LogP contribution is 2.26. The van der Waals surface area contributed by atoms with Crippen LogP contribution in [0, 0.1) is 0 Å². The lowest BCUT2D eigenvalue weighted by Crippen LogP contribution is -2.36. The Bertz CT molecular complexity index is 739. The van der Waals surface area contributed by atoms with Crippen molar-refractivity contribution >= 4 is 23.1 Å². The Morgan fingerprint density at radius 1 is 1.19 bits per heavy atom. The van der Waals surface area contributed by atoms with Crippen LogP contribution in [0.1, 0.15) is 18.9 Å². The van der Waals surface area contributed by atoms with Gasteiger partial charge in [-0.25, -0.2) is 18.7 Å². The maximum absolute atomic E-state index is 12.7. The highest BCUT2D eigenvalue weighted by Gasteiger charge is 2.15. The van der Waals surface area contributed by atoms with Gasteiger partial charge in [0.1, 0.15) is 17.5 Å². The summed E-state index contributed by atoms with van der Waals surface area (Å²) in [7, 11) is 0. The van der Waals surface area contributed by atoms with Crippen LogP contribution in [-0.4, -0.2) is 54.0 Å². The van der Waals surface area contributed by atoms with Gasteiger partial charge >= 0.3 is 0 Å². The van der Waals surface area contributed by atoms with Gasteiger partial charge < -0.3 is 25.4 Å². The molecular weight excluding hydrogens is 356 g/mol. The number of aromatic nitrogens is 2. The molecule has 146 valence electrons. The van der Waals surface area contributed by atoms with Gasteiger partial charge in [-0.15, -0.1) is 0 Å². The smallest absolute Gasteiger partial charge is 0.265 e. The second kappa shape index (κ2) is 8.92. The first kappa shape index (κ1) is 19.2. The maximum atomic E-state index is 12.7. The number of ether oxygens (including phenoxy) is 1. The highest BCUT2D eigenvalue weighted by atomic mass is 19.3. The fourth-order valence-corrected chi connectivity index (χ4v) is 2.70. The van der Waals surface area contributed by atoms with Crippen molar-refractivity contribution in [2.75, 3.05) is 48.4 Å². The van der Waals surface area contributed by atoms with Crippen molar-refractivity contribution in [2.45, 2.75) is 19.4 Å². The number of aliphatic hydroxyl groups is 1. The number of hydrogen-bond acceptors (Lipinski definition) is 7. The van der Waals surface area contributed by atoms with Crippen LogP contribution < -0.4 is 15.5 Å². The van der Waals surface area contributed by atoms with Gasteiger partial charge in [0, 0.05) is 48.7 Å². The summed E-state index contributed by atoms with van der Waals surface area (Å²) in [6, 6.07) is 6.46. The number of aliphatic hydroxyl groups excluding tert-OH is 1. The van der Waals surface area contributed by atoms with Crippen molar-refractivity contribution in [3.8, 4) is 0 Å². The van der Waals surface area contributed by atoms with E-state index in [1.807, 2.05) is 19.1 Å². The summed E-state index contributed by atoms with van der Waals surface area (Å²) in [6.45, 7) is 4.65. The summed E-state index contributed by atoms with van der Waals surface area (Å²) < 4.78 is 30.7. The number of alkyl halides is 2. The highest BCUT2D eigenvalue weighted by molar-refractivity contribution is 5.65. The van der Waals surface area contributed by atoms with E-state index in [0.29, 0.717) is 30.7 Å². The van der Waals surface area contributed by atoms with E-state index in [0.717, 1.165) is 25.0 Å². The molecule has 1 aliphatic heterocycles. The van der Waals surface area contributed by atoms with Crippen LogP contribution in [0.15, 0.2) is 30.5 Å². The molecule has 0 spiro atoms. The van der Waals surface area contributed by atoms with Crippen LogP contribution in [-0.2, 0) is 4.74 Å². The van der Waals surface area contributed by atoms with E-state index in [4.69, 9.17) is 4.74 Å². The number of anilines is 4. The molecule has 3 heterocycles. The van der Waals surface area contributed by atoms with Gasteiger partial charge in [-0.1, -0.05) is 0 Å². The topological polar surface area (TPSA) is 82.5 Å². The third-order valence-corrected chi connectivity index (χ3v) is 4.15. The molecule has 7 nitrogen and oxygen atoms in total. The third-order valence-electron chi connectivity index (χ3n) is 4.15. The van der Waals surface area contributed by atoms with E-state index in [2.05, 4.69) is 25.5 Å². The molecule has 0 aliphatic carbocycles. The minimum atomic E-state index is -2.55. The van der Waals surface area contributed by atoms with Gasteiger partial charge in [0.05, 0.1) is 19.8 Å². The molecule has 0 unspecified atom stereocenters. The molecule has 0 radical (unpaired) electrons. The second-order valence-electron chi connectivity index (χ2n) is 6.33. The lowest BCUT2D eigenvalue weighted by Gasteiger charge is -2.29. The molecule has 9 heteroatoms. The molecule has 1 saturated heterocycles. The molecule has 2 aromatic heterocycles. The third kappa shape index (κ3) is 5.24. The summed E-state index contributed by atoms with van der Waals surface area (Å²) >= 11 is 0. The van der Waals surface area contributed by atoms with Gasteiger partial charge in [0.15, 0.2) is 0 Å². The molecule has 1 fully saturated rings. The largest absolute Gasteiger partial charge is 0.394 e. The Kier molecular flexibility index (Phi) is 6.36. The number of halogens is 2. The molecule has 0 amide bonds. The summed E-state index contributed by atoms with van der Waals surface area (Å²) in [5.74, 6) is 1.56. The van der Waals surface area contributed by atoms with Crippen molar-refractivity contribution in [2.24, 2.45) is 0 Å². The van der Waals surface area contributed by atoms with Crippen molar-refractivity contribution in [1.29, 1.82) is 0 Å². The number of morpholine rings is 1. The van der Waals surface area contributed by atoms with Crippen LogP contribution in [0.5, 0.6) is 0 Å². The van der Waals surface area contributed by atoms with Gasteiger partial charge in [0.2, 0.25) is 0 Å². The first-order chi connectivity index (χ1) is 13.0. The van der Waals surface area contributed by atoms with Crippen LogP contribution in [0.2, 0.25) is 0 Å².